The minimum atomic E-state index is -1.18. The Morgan fingerprint density at radius 3 is 2.28 bits per heavy atom. The number of carbonyl (C=O) groups excluding carboxylic acids is 1. The van der Waals surface area contributed by atoms with E-state index < -0.39 is 11.9 Å². The quantitative estimate of drug-likeness (QED) is 0.678. The Bertz CT molecular complexity index is 858. The molecule has 0 radical (unpaired) electrons. The topological polar surface area (TPSA) is 87.7 Å². The van der Waals surface area contributed by atoms with Crippen LogP contribution in [0.2, 0.25) is 10.0 Å². The van der Waals surface area contributed by atoms with Gasteiger partial charge in [0.1, 0.15) is 5.75 Å². The first-order valence-corrected chi connectivity index (χ1v) is 7.97. The second kappa shape index (κ2) is 8.15. The molecule has 0 unspecified atom stereocenters. The van der Waals surface area contributed by atoms with E-state index in [4.69, 9.17) is 40.2 Å². The van der Waals surface area contributed by atoms with E-state index in [0.29, 0.717) is 10.8 Å². The van der Waals surface area contributed by atoms with Crippen LogP contribution < -0.4 is 15.4 Å². The van der Waals surface area contributed by atoms with Gasteiger partial charge in [0.25, 0.3) is 5.91 Å². The Hall–Kier alpha value is -2.35. The fraction of sp³-hybridized carbons (Fsp3) is 0.0625. The van der Waals surface area contributed by atoms with Crippen LogP contribution in [-0.2, 0) is 0 Å². The lowest BCUT2D eigenvalue weighted by Gasteiger charge is -2.13. The summed E-state index contributed by atoms with van der Waals surface area (Å²) in [5.74, 6) is -1.42. The van der Waals surface area contributed by atoms with Crippen molar-refractivity contribution < 1.29 is 19.4 Å². The maximum Gasteiger partial charge on any atom is 0.337 e. The number of ether oxygens (including phenoxy) is 1. The summed E-state index contributed by atoms with van der Waals surface area (Å²) in [6, 6.07) is 8.79. The summed E-state index contributed by atoms with van der Waals surface area (Å²) in [4.78, 5) is 23.6. The highest BCUT2D eigenvalue weighted by Crippen LogP contribution is 2.23. The zero-order chi connectivity index (χ0) is 18.6. The number of carboxylic acids is 1. The minimum Gasteiger partial charge on any atom is -0.496 e. The summed E-state index contributed by atoms with van der Waals surface area (Å²) in [5, 5.41) is 14.8. The molecule has 0 aliphatic rings. The van der Waals surface area contributed by atoms with Gasteiger partial charge in [-0.15, -0.1) is 0 Å². The number of carboxylic acid groups (broad SMARTS) is 1. The number of thiocarbonyl (C=S) groups is 1. The Labute approximate surface area is 158 Å². The molecule has 0 atom stereocenters. The Morgan fingerprint density at radius 1 is 1.08 bits per heavy atom. The predicted octanol–water partition coefficient (Wildman–Crippen LogP) is 3.83. The van der Waals surface area contributed by atoms with Crippen LogP contribution in [0.15, 0.2) is 36.4 Å². The van der Waals surface area contributed by atoms with Gasteiger partial charge in [0, 0.05) is 10.0 Å². The van der Waals surface area contributed by atoms with Gasteiger partial charge in [0.05, 0.1) is 23.9 Å². The van der Waals surface area contributed by atoms with E-state index in [1.165, 1.54) is 31.4 Å². The van der Waals surface area contributed by atoms with E-state index in [1.807, 2.05) is 0 Å². The number of carbonyl (C=O) groups is 2. The lowest BCUT2D eigenvalue weighted by molar-refractivity contribution is 0.0697. The van der Waals surface area contributed by atoms with Crippen molar-refractivity contribution in [3.05, 3.63) is 57.6 Å². The highest BCUT2D eigenvalue weighted by atomic mass is 35.5. The molecule has 2 aromatic carbocycles. The average molecular weight is 399 g/mol. The third-order valence-electron chi connectivity index (χ3n) is 3.09. The van der Waals surface area contributed by atoms with Crippen LogP contribution in [0, 0.1) is 0 Å². The maximum atomic E-state index is 12.3. The molecular weight excluding hydrogens is 387 g/mol. The zero-order valence-electron chi connectivity index (χ0n) is 12.8. The molecule has 0 bridgehead atoms. The third-order valence-corrected chi connectivity index (χ3v) is 3.77. The molecule has 2 aromatic rings. The summed E-state index contributed by atoms with van der Waals surface area (Å²) in [6.07, 6.45) is 0. The van der Waals surface area contributed by atoms with E-state index in [9.17, 15) is 14.7 Å². The van der Waals surface area contributed by atoms with Crippen molar-refractivity contribution in [2.24, 2.45) is 0 Å². The van der Waals surface area contributed by atoms with E-state index in [-0.39, 0.29) is 26.9 Å². The molecule has 0 aromatic heterocycles. The SMILES string of the molecule is COc1ccc(Cl)cc1C(=O)NC(=S)Nc1ccc(Cl)cc1C(=O)O. The summed E-state index contributed by atoms with van der Waals surface area (Å²) >= 11 is 16.7. The number of methoxy groups -OCH3 is 1. The molecule has 1 amide bonds. The first-order valence-electron chi connectivity index (χ1n) is 6.80. The van der Waals surface area contributed by atoms with Crippen LogP contribution in [0.3, 0.4) is 0 Å². The van der Waals surface area contributed by atoms with Crippen LogP contribution in [0.1, 0.15) is 20.7 Å². The number of hydrogen-bond acceptors (Lipinski definition) is 4. The number of halogens is 2. The largest absolute Gasteiger partial charge is 0.496 e. The fourth-order valence-electron chi connectivity index (χ4n) is 1.98. The van der Waals surface area contributed by atoms with Crippen molar-refractivity contribution in [3.8, 4) is 5.75 Å². The number of hydrogen-bond donors (Lipinski definition) is 3. The molecule has 0 aliphatic carbocycles. The number of aromatic carboxylic acids is 1. The Kier molecular flexibility index (Phi) is 6.19. The van der Waals surface area contributed by atoms with Crippen molar-refractivity contribution in [2.75, 3.05) is 12.4 Å². The van der Waals surface area contributed by atoms with Crippen LogP contribution in [-0.4, -0.2) is 29.2 Å². The lowest BCUT2D eigenvalue weighted by atomic mass is 10.2. The molecule has 0 aliphatic heterocycles. The van der Waals surface area contributed by atoms with E-state index in [2.05, 4.69) is 10.6 Å². The normalized spacial score (nSPS) is 10.0. The fourth-order valence-corrected chi connectivity index (χ4v) is 2.53. The summed E-state index contributed by atoms with van der Waals surface area (Å²) in [7, 11) is 1.42. The standard InChI is InChI=1S/C16H12Cl2N2O4S/c1-24-13-5-3-9(18)7-11(13)14(21)20-16(25)19-12-4-2-8(17)6-10(12)15(22)23/h2-7H,1H3,(H,22,23)(H2,19,20,21,25). The molecule has 6 nitrogen and oxygen atoms in total. The summed E-state index contributed by atoms with van der Waals surface area (Å²) in [6.45, 7) is 0. The van der Waals surface area contributed by atoms with Gasteiger partial charge in [0.15, 0.2) is 5.11 Å². The van der Waals surface area contributed by atoms with Gasteiger partial charge in [-0.2, -0.15) is 0 Å². The predicted molar refractivity (Wildman–Crippen MR) is 100 cm³/mol. The molecule has 0 saturated carbocycles. The Morgan fingerprint density at radius 2 is 1.68 bits per heavy atom. The number of rotatable bonds is 4. The van der Waals surface area contributed by atoms with Gasteiger partial charge >= 0.3 is 5.97 Å². The zero-order valence-corrected chi connectivity index (χ0v) is 15.1. The number of benzene rings is 2. The highest BCUT2D eigenvalue weighted by molar-refractivity contribution is 7.80. The van der Waals surface area contributed by atoms with Crippen LogP contribution in [0.25, 0.3) is 0 Å². The average Bonchev–Trinajstić information content (AvgIpc) is 2.56. The molecule has 0 fully saturated rings. The molecule has 2 rings (SSSR count). The van der Waals surface area contributed by atoms with E-state index in [0.717, 1.165) is 0 Å². The summed E-state index contributed by atoms with van der Waals surface area (Å²) < 4.78 is 5.11. The molecule has 0 spiro atoms. The van der Waals surface area contributed by atoms with Crippen molar-refractivity contribution in [1.29, 1.82) is 0 Å². The number of anilines is 1. The highest BCUT2D eigenvalue weighted by Gasteiger charge is 2.16. The number of nitrogens with one attached hydrogen (secondary N) is 2. The molecule has 3 N–H and O–H groups in total. The van der Waals surface area contributed by atoms with Gasteiger partial charge in [0.2, 0.25) is 0 Å². The molecule has 0 saturated heterocycles. The smallest absolute Gasteiger partial charge is 0.337 e. The minimum absolute atomic E-state index is 0.0792. The van der Waals surface area contributed by atoms with Crippen LogP contribution in [0.4, 0.5) is 5.69 Å². The molecule has 9 heteroatoms. The van der Waals surface area contributed by atoms with Gasteiger partial charge in [-0.25, -0.2) is 4.79 Å². The van der Waals surface area contributed by atoms with Crippen LogP contribution in [0.5, 0.6) is 5.75 Å². The molecule has 25 heavy (non-hydrogen) atoms. The third kappa shape index (κ3) is 4.82. The van der Waals surface area contributed by atoms with Gasteiger partial charge in [-0.1, -0.05) is 23.2 Å². The maximum absolute atomic E-state index is 12.3. The molecular formula is C16H12Cl2N2O4S. The second-order valence-corrected chi connectivity index (χ2v) is 6.03. The van der Waals surface area contributed by atoms with Crippen molar-refractivity contribution in [3.63, 3.8) is 0 Å². The van der Waals surface area contributed by atoms with E-state index in [1.54, 1.807) is 12.1 Å². The van der Waals surface area contributed by atoms with Gasteiger partial charge < -0.3 is 15.2 Å². The lowest BCUT2D eigenvalue weighted by Crippen LogP contribution is -2.34. The molecule has 130 valence electrons. The summed E-state index contributed by atoms with van der Waals surface area (Å²) in [5.41, 5.74) is 0.304. The first kappa shape index (κ1) is 19.0. The van der Waals surface area contributed by atoms with Crippen molar-refractivity contribution >= 4 is 58.1 Å². The monoisotopic (exact) mass is 398 g/mol. The van der Waals surface area contributed by atoms with Crippen molar-refractivity contribution in [2.45, 2.75) is 0 Å². The first-order chi connectivity index (χ1) is 11.8. The van der Waals surface area contributed by atoms with Crippen LogP contribution >= 0.6 is 35.4 Å². The molecule has 0 heterocycles. The second-order valence-electron chi connectivity index (χ2n) is 4.75. The van der Waals surface area contributed by atoms with Gasteiger partial charge in [-0.05, 0) is 48.6 Å². The van der Waals surface area contributed by atoms with Crippen molar-refractivity contribution in [1.82, 2.24) is 5.32 Å². The Balaban J connectivity index is 2.17. The number of amides is 1. The van der Waals surface area contributed by atoms with Gasteiger partial charge in [-0.3, -0.25) is 10.1 Å². The van der Waals surface area contributed by atoms with E-state index >= 15 is 0 Å².